The maximum atomic E-state index is 11.5. The van der Waals surface area contributed by atoms with Crippen molar-refractivity contribution in [2.75, 3.05) is 19.6 Å². The van der Waals surface area contributed by atoms with Crippen molar-refractivity contribution in [2.24, 2.45) is 5.73 Å². The van der Waals surface area contributed by atoms with E-state index in [4.69, 9.17) is 5.73 Å². The van der Waals surface area contributed by atoms with Crippen LogP contribution < -0.4 is 11.1 Å². The minimum atomic E-state index is 0.113. The second kappa shape index (κ2) is 6.86. The van der Waals surface area contributed by atoms with Crippen molar-refractivity contribution < 1.29 is 4.79 Å². The zero-order chi connectivity index (χ0) is 12.0. The van der Waals surface area contributed by atoms with Crippen LogP contribution in [0.15, 0.2) is 0 Å². The van der Waals surface area contributed by atoms with Crippen molar-refractivity contribution in [2.45, 2.75) is 51.6 Å². The van der Waals surface area contributed by atoms with E-state index in [9.17, 15) is 4.79 Å². The molecule has 4 heteroatoms. The Kier molecular flexibility index (Phi) is 5.77. The van der Waals surface area contributed by atoms with Crippen LogP contribution >= 0.6 is 0 Å². The highest BCUT2D eigenvalue weighted by atomic mass is 16.1. The minimum Gasteiger partial charge on any atom is -0.355 e. The molecule has 0 aliphatic carbocycles. The van der Waals surface area contributed by atoms with E-state index in [-0.39, 0.29) is 11.9 Å². The highest BCUT2D eigenvalue weighted by Gasteiger charge is 2.18. The molecule has 1 fully saturated rings. The maximum Gasteiger partial charge on any atom is 0.220 e. The van der Waals surface area contributed by atoms with Crippen LogP contribution in [0.3, 0.4) is 0 Å². The summed E-state index contributed by atoms with van der Waals surface area (Å²) in [6.45, 7) is 7.23. The number of hydrogen-bond acceptors (Lipinski definition) is 3. The Hall–Kier alpha value is -0.610. The molecule has 2 unspecified atom stereocenters. The van der Waals surface area contributed by atoms with E-state index in [1.807, 2.05) is 6.92 Å². The van der Waals surface area contributed by atoms with E-state index in [1.165, 1.54) is 25.9 Å². The summed E-state index contributed by atoms with van der Waals surface area (Å²) in [5, 5.41) is 2.98. The average Bonchev–Trinajstić information content (AvgIpc) is 2.76. The van der Waals surface area contributed by atoms with E-state index < -0.39 is 0 Å². The zero-order valence-electron chi connectivity index (χ0n) is 10.5. The number of carbonyl (C=O) groups is 1. The molecule has 0 aromatic rings. The lowest BCUT2D eigenvalue weighted by Crippen LogP contribution is -2.40. The molecule has 4 nitrogen and oxygen atoms in total. The summed E-state index contributed by atoms with van der Waals surface area (Å²) in [5.41, 5.74) is 5.61. The molecule has 16 heavy (non-hydrogen) atoms. The second-order valence-electron chi connectivity index (χ2n) is 4.91. The van der Waals surface area contributed by atoms with Crippen molar-refractivity contribution in [1.82, 2.24) is 10.2 Å². The minimum absolute atomic E-state index is 0.113. The molecule has 1 rings (SSSR count). The third kappa shape index (κ3) is 4.94. The molecule has 1 aliphatic rings. The summed E-state index contributed by atoms with van der Waals surface area (Å²) in [5.74, 6) is 0.128. The summed E-state index contributed by atoms with van der Waals surface area (Å²) in [7, 11) is 0. The predicted octanol–water partition coefficient (Wildman–Crippen LogP) is 0.714. The molecule has 94 valence electrons. The number of amides is 1. The van der Waals surface area contributed by atoms with Gasteiger partial charge in [0.1, 0.15) is 0 Å². The Morgan fingerprint density at radius 2 is 2.00 bits per heavy atom. The predicted molar refractivity (Wildman–Crippen MR) is 66.2 cm³/mol. The summed E-state index contributed by atoms with van der Waals surface area (Å²) in [6.07, 6.45) is 3.90. The van der Waals surface area contributed by atoms with Gasteiger partial charge < -0.3 is 11.1 Å². The fraction of sp³-hybridized carbons (Fsp3) is 0.917. The lowest BCUT2D eigenvalue weighted by atomic mass is 10.2. The van der Waals surface area contributed by atoms with Crippen LogP contribution in [0.5, 0.6) is 0 Å². The van der Waals surface area contributed by atoms with E-state index in [0.29, 0.717) is 12.5 Å². The molecular weight excluding hydrogens is 202 g/mol. The number of nitrogens with one attached hydrogen (secondary N) is 1. The van der Waals surface area contributed by atoms with Gasteiger partial charge in [-0.05, 0) is 46.2 Å². The van der Waals surface area contributed by atoms with E-state index >= 15 is 0 Å². The van der Waals surface area contributed by atoms with Gasteiger partial charge in [-0.2, -0.15) is 0 Å². The molecule has 1 amide bonds. The quantitative estimate of drug-likeness (QED) is 0.703. The number of likely N-dealkylation sites (tertiary alicyclic amines) is 1. The Labute approximate surface area is 98.6 Å². The monoisotopic (exact) mass is 227 g/mol. The molecule has 1 aliphatic heterocycles. The molecule has 1 saturated heterocycles. The van der Waals surface area contributed by atoms with Gasteiger partial charge in [-0.25, -0.2) is 0 Å². The fourth-order valence-electron chi connectivity index (χ4n) is 2.02. The van der Waals surface area contributed by atoms with Gasteiger partial charge in [-0.3, -0.25) is 9.69 Å². The third-order valence-electron chi connectivity index (χ3n) is 3.19. The Bertz CT molecular complexity index is 212. The number of nitrogens with two attached hydrogens (primary N) is 1. The fourth-order valence-corrected chi connectivity index (χ4v) is 2.02. The van der Waals surface area contributed by atoms with E-state index in [2.05, 4.69) is 17.1 Å². The Morgan fingerprint density at radius 3 is 2.56 bits per heavy atom. The summed E-state index contributed by atoms with van der Waals surface area (Å²) < 4.78 is 0. The van der Waals surface area contributed by atoms with Crippen LogP contribution in [-0.2, 0) is 4.79 Å². The summed E-state index contributed by atoms with van der Waals surface area (Å²) in [4.78, 5) is 13.9. The van der Waals surface area contributed by atoms with Crippen molar-refractivity contribution in [1.29, 1.82) is 0 Å². The highest BCUT2D eigenvalue weighted by molar-refractivity contribution is 5.75. The Morgan fingerprint density at radius 1 is 1.38 bits per heavy atom. The van der Waals surface area contributed by atoms with Gasteiger partial charge >= 0.3 is 0 Å². The van der Waals surface area contributed by atoms with Crippen LogP contribution in [0, 0.1) is 0 Å². The first-order valence-electron chi connectivity index (χ1n) is 6.36. The van der Waals surface area contributed by atoms with Gasteiger partial charge in [0.05, 0.1) is 0 Å². The lowest BCUT2D eigenvalue weighted by molar-refractivity contribution is -0.121. The number of carbonyl (C=O) groups excluding carboxylic acids is 1. The van der Waals surface area contributed by atoms with Crippen molar-refractivity contribution in [3.05, 3.63) is 0 Å². The van der Waals surface area contributed by atoms with Crippen LogP contribution in [0.1, 0.15) is 39.5 Å². The van der Waals surface area contributed by atoms with Gasteiger partial charge in [0.25, 0.3) is 0 Å². The average molecular weight is 227 g/mol. The molecule has 3 N–H and O–H groups in total. The molecule has 2 atom stereocenters. The standard InChI is InChI=1S/C12H25N3O/c1-10(13)5-6-12(16)14-9-11(2)15-7-3-4-8-15/h10-11H,3-9,13H2,1-2H3,(H,14,16). The van der Waals surface area contributed by atoms with Crippen LogP contribution in [-0.4, -0.2) is 42.5 Å². The molecule has 1 heterocycles. The van der Waals surface area contributed by atoms with Crippen LogP contribution in [0.25, 0.3) is 0 Å². The van der Waals surface area contributed by atoms with E-state index in [0.717, 1.165) is 13.0 Å². The molecule has 0 saturated carbocycles. The zero-order valence-corrected chi connectivity index (χ0v) is 10.5. The van der Waals surface area contributed by atoms with E-state index in [1.54, 1.807) is 0 Å². The second-order valence-corrected chi connectivity index (χ2v) is 4.91. The SMILES string of the molecule is CC(N)CCC(=O)NCC(C)N1CCCC1. The first-order chi connectivity index (χ1) is 7.59. The molecule has 0 aromatic heterocycles. The normalized spacial score (nSPS) is 20.7. The van der Waals surface area contributed by atoms with Gasteiger partial charge in [-0.15, -0.1) is 0 Å². The van der Waals surface area contributed by atoms with Crippen LogP contribution in [0.2, 0.25) is 0 Å². The van der Waals surface area contributed by atoms with Crippen LogP contribution in [0.4, 0.5) is 0 Å². The first-order valence-corrected chi connectivity index (χ1v) is 6.36. The largest absolute Gasteiger partial charge is 0.355 e. The molecule has 0 spiro atoms. The van der Waals surface area contributed by atoms with Crippen molar-refractivity contribution >= 4 is 5.91 Å². The van der Waals surface area contributed by atoms with Gasteiger partial charge in [0.15, 0.2) is 0 Å². The third-order valence-corrected chi connectivity index (χ3v) is 3.19. The molecule has 0 bridgehead atoms. The highest BCUT2D eigenvalue weighted by Crippen LogP contribution is 2.10. The smallest absolute Gasteiger partial charge is 0.220 e. The van der Waals surface area contributed by atoms with Crippen molar-refractivity contribution in [3.63, 3.8) is 0 Å². The topological polar surface area (TPSA) is 58.4 Å². The number of hydrogen-bond donors (Lipinski definition) is 2. The first kappa shape index (κ1) is 13.5. The van der Waals surface area contributed by atoms with Gasteiger partial charge in [0, 0.05) is 25.0 Å². The number of nitrogens with zero attached hydrogens (tertiary/aromatic N) is 1. The molecule has 0 aromatic carbocycles. The lowest BCUT2D eigenvalue weighted by Gasteiger charge is -2.23. The van der Waals surface area contributed by atoms with Gasteiger partial charge in [-0.1, -0.05) is 0 Å². The van der Waals surface area contributed by atoms with Crippen molar-refractivity contribution in [3.8, 4) is 0 Å². The summed E-state index contributed by atoms with van der Waals surface area (Å²) >= 11 is 0. The molecule has 0 radical (unpaired) electrons. The van der Waals surface area contributed by atoms with Gasteiger partial charge in [0.2, 0.25) is 5.91 Å². The number of rotatable bonds is 6. The molecular formula is C12H25N3O. The summed E-state index contributed by atoms with van der Waals surface area (Å²) in [6, 6.07) is 0.573. The maximum absolute atomic E-state index is 11.5. The Balaban J connectivity index is 2.10.